The number of thiazole rings is 1. The van der Waals surface area contributed by atoms with Crippen molar-refractivity contribution < 1.29 is 14.6 Å². The Bertz CT molecular complexity index is 1170. The summed E-state index contributed by atoms with van der Waals surface area (Å²) in [5, 5.41) is 11.8. The molecule has 3 aromatic rings. The van der Waals surface area contributed by atoms with Crippen LogP contribution in [0.15, 0.2) is 58.3 Å². The number of amides is 1. The van der Waals surface area contributed by atoms with Crippen molar-refractivity contribution in [3.05, 3.63) is 73.7 Å². The van der Waals surface area contributed by atoms with Crippen molar-refractivity contribution in [3.63, 3.8) is 0 Å². The molecule has 0 radical (unpaired) electrons. The molecule has 0 atom stereocenters. The van der Waals surface area contributed by atoms with E-state index in [9.17, 15) is 14.7 Å². The number of aromatic hydroxyl groups is 1. The van der Waals surface area contributed by atoms with Crippen molar-refractivity contribution in [3.8, 4) is 17.3 Å². The minimum absolute atomic E-state index is 0.222. The Morgan fingerprint density at radius 2 is 1.80 bits per heavy atom. The minimum Gasteiger partial charge on any atom is -0.497 e. The molecular weight excluding hydrogens is 340 g/mol. The van der Waals surface area contributed by atoms with Gasteiger partial charge < -0.3 is 9.84 Å². The number of benzene rings is 2. The lowest BCUT2D eigenvalue weighted by Gasteiger charge is -2.05. The molecule has 0 unspecified atom stereocenters. The highest BCUT2D eigenvalue weighted by Crippen LogP contribution is 2.30. The van der Waals surface area contributed by atoms with E-state index in [0.717, 1.165) is 11.3 Å². The Hall–Kier alpha value is -3.19. The molecule has 2 heterocycles. The van der Waals surface area contributed by atoms with Gasteiger partial charge in [0.1, 0.15) is 10.6 Å². The largest absolute Gasteiger partial charge is 0.497 e. The molecule has 1 N–H and O–H groups in total. The van der Waals surface area contributed by atoms with E-state index < -0.39 is 5.91 Å². The average Bonchev–Trinajstić information content (AvgIpc) is 3.10. The molecule has 1 amide bonds. The maximum atomic E-state index is 12.4. The standard InChI is InChI=1S/C18H12N2O4S/c1-24-11-8-6-10(7-9-11)20-17(22)15(25-18(20)23)14-12-4-2-3-5-13(12)19-16(14)21/h2-9,22H,1H3. The van der Waals surface area contributed by atoms with E-state index in [0.29, 0.717) is 22.0 Å². The topological polar surface area (TPSA) is 80.9 Å². The minimum atomic E-state index is -0.459. The van der Waals surface area contributed by atoms with Gasteiger partial charge in [0.05, 0.1) is 23.7 Å². The molecular formula is C18H12N2O4S. The molecule has 0 bridgehead atoms. The van der Waals surface area contributed by atoms with Crippen molar-refractivity contribution in [2.24, 2.45) is 4.99 Å². The van der Waals surface area contributed by atoms with Gasteiger partial charge in [0, 0.05) is 5.22 Å². The lowest BCUT2D eigenvalue weighted by Crippen LogP contribution is -2.22. The maximum absolute atomic E-state index is 12.4. The molecule has 0 saturated carbocycles. The molecule has 6 nitrogen and oxygen atoms in total. The van der Waals surface area contributed by atoms with Gasteiger partial charge in [-0.1, -0.05) is 29.5 Å². The molecule has 1 aliphatic heterocycles. The van der Waals surface area contributed by atoms with Gasteiger partial charge in [-0.3, -0.25) is 9.59 Å². The third kappa shape index (κ3) is 2.36. The van der Waals surface area contributed by atoms with Crippen LogP contribution < -0.4 is 20.2 Å². The fourth-order valence-electron chi connectivity index (χ4n) is 2.77. The fourth-order valence-corrected chi connectivity index (χ4v) is 3.71. The third-order valence-corrected chi connectivity index (χ3v) is 4.90. The number of hydrogen-bond donors (Lipinski definition) is 1. The second-order valence-electron chi connectivity index (χ2n) is 5.36. The molecule has 25 heavy (non-hydrogen) atoms. The van der Waals surface area contributed by atoms with Crippen LogP contribution in [0.5, 0.6) is 11.6 Å². The highest BCUT2D eigenvalue weighted by atomic mass is 32.1. The van der Waals surface area contributed by atoms with Crippen LogP contribution in [0.25, 0.3) is 11.3 Å². The molecule has 0 fully saturated rings. The van der Waals surface area contributed by atoms with Gasteiger partial charge in [-0.05, 0) is 30.3 Å². The van der Waals surface area contributed by atoms with Crippen LogP contribution in [0.3, 0.4) is 0 Å². The van der Waals surface area contributed by atoms with Crippen molar-refractivity contribution in [1.82, 2.24) is 4.57 Å². The summed E-state index contributed by atoms with van der Waals surface area (Å²) in [6.07, 6.45) is 0. The Morgan fingerprint density at radius 3 is 2.52 bits per heavy atom. The normalized spacial score (nSPS) is 12.8. The molecule has 124 valence electrons. The number of nitrogens with zero attached hydrogens (tertiary/aromatic N) is 2. The molecule has 1 aromatic heterocycles. The van der Waals surface area contributed by atoms with Gasteiger partial charge in [-0.2, -0.15) is 0 Å². The van der Waals surface area contributed by atoms with Gasteiger partial charge >= 0.3 is 4.87 Å². The summed E-state index contributed by atoms with van der Waals surface area (Å²) in [5.74, 6) is -0.0881. The summed E-state index contributed by atoms with van der Waals surface area (Å²) in [5.41, 5.74) is 0.740. The van der Waals surface area contributed by atoms with Gasteiger partial charge in [-0.25, -0.2) is 9.56 Å². The maximum Gasteiger partial charge on any atom is 0.315 e. The zero-order chi connectivity index (χ0) is 17.6. The van der Waals surface area contributed by atoms with E-state index in [1.807, 2.05) is 0 Å². The predicted octanol–water partition coefficient (Wildman–Crippen LogP) is 0.972. The van der Waals surface area contributed by atoms with Crippen LogP contribution in [-0.2, 0) is 4.79 Å². The van der Waals surface area contributed by atoms with Gasteiger partial charge in [0.2, 0.25) is 5.88 Å². The molecule has 0 aliphatic carbocycles. The molecule has 7 heteroatoms. The quantitative estimate of drug-likeness (QED) is 0.762. The average molecular weight is 352 g/mol. The number of hydrogen-bond acceptors (Lipinski definition) is 5. The highest BCUT2D eigenvalue weighted by Gasteiger charge is 2.26. The Labute approximate surface area is 145 Å². The first-order valence-corrected chi connectivity index (χ1v) is 8.24. The van der Waals surface area contributed by atoms with Crippen LogP contribution in [0.4, 0.5) is 0 Å². The summed E-state index contributed by atoms with van der Waals surface area (Å²) < 4.78 is 6.26. The van der Waals surface area contributed by atoms with E-state index in [-0.39, 0.29) is 21.2 Å². The number of para-hydroxylation sites is 1. The van der Waals surface area contributed by atoms with E-state index in [1.54, 1.807) is 55.6 Å². The summed E-state index contributed by atoms with van der Waals surface area (Å²) in [6, 6.07) is 13.7. The SMILES string of the molecule is COc1ccc(-n2c(O)c(C3=c4ccccc4=NC3=O)sc2=O)cc1. The lowest BCUT2D eigenvalue weighted by atomic mass is 10.1. The number of aromatic nitrogens is 1. The van der Waals surface area contributed by atoms with Crippen LogP contribution in [0.2, 0.25) is 0 Å². The van der Waals surface area contributed by atoms with E-state index in [4.69, 9.17) is 4.74 Å². The van der Waals surface area contributed by atoms with Crippen LogP contribution >= 0.6 is 11.3 Å². The van der Waals surface area contributed by atoms with Gasteiger partial charge in [-0.15, -0.1) is 0 Å². The van der Waals surface area contributed by atoms with E-state index in [2.05, 4.69) is 4.99 Å². The first kappa shape index (κ1) is 15.3. The van der Waals surface area contributed by atoms with Crippen molar-refractivity contribution in [2.45, 2.75) is 0 Å². The van der Waals surface area contributed by atoms with Crippen molar-refractivity contribution in [1.29, 1.82) is 0 Å². The highest BCUT2D eigenvalue weighted by molar-refractivity contribution is 7.11. The van der Waals surface area contributed by atoms with Crippen LogP contribution in [-0.4, -0.2) is 22.7 Å². The number of methoxy groups -OCH3 is 1. The predicted molar refractivity (Wildman–Crippen MR) is 92.9 cm³/mol. The second-order valence-corrected chi connectivity index (χ2v) is 6.32. The number of fused-ring (bicyclic) bond motifs is 1. The first-order chi connectivity index (χ1) is 12.1. The molecule has 2 aromatic carbocycles. The summed E-state index contributed by atoms with van der Waals surface area (Å²) in [7, 11) is 1.55. The van der Waals surface area contributed by atoms with Gasteiger partial charge in [0.15, 0.2) is 0 Å². The van der Waals surface area contributed by atoms with E-state index >= 15 is 0 Å². The Kier molecular flexibility index (Phi) is 3.51. The second kappa shape index (κ2) is 5.71. The molecule has 4 rings (SSSR count). The first-order valence-electron chi connectivity index (χ1n) is 7.42. The third-order valence-electron chi connectivity index (χ3n) is 3.95. The Morgan fingerprint density at radius 1 is 1.08 bits per heavy atom. The van der Waals surface area contributed by atoms with Crippen molar-refractivity contribution >= 4 is 22.8 Å². The number of carbonyl (C=O) groups excluding carboxylic acids is 1. The molecule has 0 saturated heterocycles. The fraction of sp³-hybridized carbons (Fsp3) is 0.0556. The van der Waals surface area contributed by atoms with E-state index in [1.165, 1.54) is 4.57 Å². The lowest BCUT2D eigenvalue weighted by molar-refractivity contribution is -0.112. The number of ether oxygens (including phenoxy) is 1. The number of carbonyl (C=O) groups is 1. The number of rotatable bonds is 3. The molecule has 0 spiro atoms. The van der Waals surface area contributed by atoms with Crippen molar-refractivity contribution in [2.75, 3.05) is 7.11 Å². The monoisotopic (exact) mass is 352 g/mol. The smallest absolute Gasteiger partial charge is 0.315 e. The van der Waals surface area contributed by atoms with Crippen LogP contribution in [0, 0.1) is 0 Å². The summed E-state index contributed by atoms with van der Waals surface area (Å²) >= 11 is 0.819. The zero-order valence-electron chi connectivity index (χ0n) is 13.1. The zero-order valence-corrected chi connectivity index (χ0v) is 13.9. The Balaban J connectivity index is 1.94. The summed E-state index contributed by atoms with van der Waals surface area (Å²) in [6.45, 7) is 0. The van der Waals surface area contributed by atoms with Gasteiger partial charge in [0.25, 0.3) is 5.91 Å². The van der Waals surface area contributed by atoms with Crippen LogP contribution in [0.1, 0.15) is 4.88 Å². The summed E-state index contributed by atoms with van der Waals surface area (Å²) in [4.78, 5) is 28.5. The molecule has 1 aliphatic rings.